The van der Waals surface area contributed by atoms with Crippen molar-refractivity contribution in [2.45, 2.75) is 0 Å². The molecule has 4 heteroatoms. The summed E-state index contributed by atoms with van der Waals surface area (Å²) in [5.74, 6) is 0.263. The van der Waals surface area contributed by atoms with Gasteiger partial charge in [0.15, 0.2) is 6.29 Å². The highest BCUT2D eigenvalue weighted by molar-refractivity contribution is 5.75. The zero-order valence-corrected chi connectivity index (χ0v) is 8.66. The van der Waals surface area contributed by atoms with E-state index in [-0.39, 0.29) is 5.69 Å². The fraction of sp³-hybridized carbons (Fsp3) is 0.0833. The van der Waals surface area contributed by atoms with E-state index in [0.717, 1.165) is 0 Å². The Morgan fingerprint density at radius 1 is 1.31 bits per heavy atom. The number of carbonyl (C=O) groups excluding carboxylic acids is 1. The molecule has 16 heavy (non-hydrogen) atoms. The predicted molar refractivity (Wildman–Crippen MR) is 58.1 cm³/mol. The lowest BCUT2D eigenvalue weighted by atomic mass is 10.1. The first-order valence-electron chi connectivity index (χ1n) is 4.72. The minimum atomic E-state index is -0.438. The van der Waals surface area contributed by atoms with Gasteiger partial charge in [0.2, 0.25) is 0 Å². The Morgan fingerprint density at radius 3 is 2.50 bits per heavy atom. The summed E-state index contributed by atoms with van der Waals surface area (Å²) in [5, 5.41) is 0. The first kappa shape index (κ1) is 10.4. The number of ether oxygens (including phenoxy) is 1. The quantitative estimate of drug-likeness (QED) is 0.806. The van der Waals surface area contributed by atoms with Gasteiger partial charge in [0.1, 0.15) is 11.6 Å². The van der Waals surface area contributed by atoms with Gasteiger partial charge in [-0.1, -0.05) is 0 Å². The van der Waals surface area contributed by atoms with Crippen molar-refractivity contribution in [3.05, 3.63) is 41.8 Å². The molecule has 0 unspecified atom stereocenters. The highest BCUT2D eigenvalue weighted by Gasteiger charge is 2.09. The number of halogens is 1. The van der Waals surface area contributed by atoms with Crippen LogP contribution in [0.2, 0.25) is 0 Å². The minimum Gasteiger partial charge on any atom is -0.497 e. The molecule has 0 atom stereocenters. The lowest BCUT2D eigenvalue weighted by Crippen LogP contribution is -1.85. The van der Waals surface area contributed by atoms with E-state index in [4.69, 9.17) is 4.74 Å². The zero-order chi connectivity index (χ0) is 11.5. The second-order valence-electron chi connectivity index (χ2n) is 3.29. The summed E-state index contributed by atoms with van der Waals surface area (Å²) in [6.07, 6.45) is 0.579. The number of hydrogen-bond acceptors (Lipinski definition) is 2. The molecule has 1 heterocycles. The van der Waals surface area contributed by atoms with Gasteiger partial charge in [-0.05, 0) is 24.3 Å². The third kappa shape index (κ3) is 1.82. The van der Waals surface area contributed by atoms with Crippen LogP contribution in [0.25, 0.3) is 11.3 Å². The van der Waals surface area contributed by atoms with Crippen molar-refractivity contribution >= 4 is 6.29 Å². The summed E-state index contributed by atoms with van der Waals surface area (Å²) in [6.45, 7) is 0. The number of aldehydes is 1. The second-order valence-corrected chi connectivity index (χ2v) is 3.29. The molecule has 1 N–H and O–H groups in total. The molecule has 2 aromatic rings. The topological polar surface area (TPSA) is 42.1 Å². The van der Waals surface area contributed by atoms with E-state index >= 15 is 0 Å². The summed E-state index contributed by atoms with van der Waals surface area (Å²) < 4.78 is 18.4. The number of aromatic amines is 1. The number of H-pyrrole nitrogens is 1. The average Bonchev–Trinajstić information content (AvgIpc) is 2.71. The molecule has 0 saturated heterocycles. The van der Waals surface area contributed by atoms with Crippen molar-refractivity contribution in [3.63, 3.8) is 0 Å². The van der Waals surface area contributed by atoms with Gasteiger partial charge >= 0.3 is 0 Å². The fourth-order valence-corrected chi connectivity index (χ4v) is 1.48. The summed E-state index contributed by atoms with van der Waals surface area (Å²) >= 11 is 0. The van der Waals surface area contributed by atoms with E-state index < -0.39 is 5.82 Å². The Kier molecular flexibility index (Phi) is 2.72. The standard InChI is InChI=1S/C12H10FNO2/c1-16-10-4-2-8(3-5-10)12-11(13)6-9(7-15)14-12/h2-7,14H,1H3. The molecule has 82 valence electrons. The number of rotatable bonds is 3. The molecule has 1 aromatic heterocycles. The lowest BCUT2D eigenvalue weighted by molar-refractivity contribution is 0.111. The number of carbonyl (C=O) groups is 1. The Labute approximate surface area is 91.9 Å². The van der Waals surface area contributed by atoms with Crippen LogP contribution in [0.15, 0.2) is 30.3 Å². The predicted octanol–water partition coefficient (Wildman–Crippen LogP) is 2.64. The largest absolute Gasteiger partial charge is 0.497 e. The van der Waals surface area contributed by atoms with Gasteiger partial charge in [0, 0.05) is 11.6 Å². The van der Waals surface area contributed by atoms with Crippen molar-refractivity contribution in [1.82, 2.24) is 4.98 Å². The van der Waals surface area contributed by atoms with E-state index in [2.05, 4.69) is 4.98 Å². The van der Waals surface area contributed by atoms with Crippen LogP contribution in [-0.4, -0.2) is 18.4 Å². The Balaban J connectivity index is 2.41. The minimum absolute atomic E-state index is 0.225. The van der Waals surface area contributed by atoms with Crippen molar-refractivity contribution in [2.24, 2.45) is 0 Å². The van der Waals surface area contributed by atoms with Gasteiger partial charge in [0.05, 0.1) is 18.5 Å². The number of nitrogens with one attached hydrogen (secondary N) is 1. The van der Waals surface area contributed by atoms with Gasteiger partial charge in [-0.2, -0.15) is 0 Å². The van der Waals surface area contributed by atoms with Crippen LogP contribution in [0, 0.1) is 5.82 Å². The Hall–Kier alpha value is -2.10. The average molecular weight is 219 g/mol. The Bertz CT molecular complexity index is 502. The third-order valence-electron chi connectivity index (χ3n) is 2.30. The van der Waals surface area contributed by atoms with E-state index in [0.29, 0.717) is 23.3 Å². The molecule has 0 radical (unpaired) electrons. The van der Waals surface area contributed by atoms with Gasteiger partial charge in [-0.15, -0.1) is 0 Å². The summed E-state index contributed by atoms with van der Waals surface area (Å²) in [5.41, 5.74) is 1.21. The number of aromatic nitrogens is 1. The molecular weight excluding hydrogens is 209 g/mol. The Morgan fingerprint density at radius 2 is 2.00 bits per heavy atom. The van der Waals surface area contributed by atoms with Gasteiger partial charge < -0.3 is 9.72 Å². The molecule has 0 amide bonds. The smallest absolute Gasteiger partial charge is 0.166 e. The van der Waals surface area contributed by atoms with Crippen LogP contribution in [0.3, 0.4) is 0 Å². The van der Waals surface area contributed by atoms with E-state index in [1.54, 1.807) is 31.4 Å². The molecule has 0 spiro atoms. The van der Waals surface area contributed by atoms with Crippen molar-refractivity contribution in [2.75, 3.05) is 7.11 Å². The monoisotopic (exact) mass is 219 g/mol. The maximum Gasteiger partial charge on any atom is 0.166 e. The van der Waals surface area contributed by atoms with Crippen molar-refractivity contribution < 1.29 is 13.9 Å². The molecule has 0 aliphatic rings. The molecular formula is C12H10FNO2. The van der Waals surface area contributed by atoms with Crippen LogP contribution in [0.4, 0.5) is 4.39 Å². The first-order chi connectivity index (χ1) is 7.74. The maximum absolute atomic E-state index is 13.4. The number of benzene rings is 1. The molecule has 0 saturated carbocycles. The summed E-state index contributed by atoms with van der Waals surface area (Å²) in [4.78, 5) is 13.2. The first-order valence-corrected chi connectivity index (χ1v) is 4.72. The van der Waals surface area contributed by atoms with Crippen molar-refractivity contribution in [1.29, 1.82) is 0 Å². The van der Waals surface area contributed by atoms with Gasteiger partial charge in [-0.25, -0.2) is 4.39 Å². The normalized spacial score (nSPS) is 10.1. The van der Waals surface area contributed by atoms with Crippen LogP contribution in [0.1, 0.15) is 10.5 Å². The van der Waals surface area contributed by atoms with Crippen LogP contribution in [0.5, 0.6) is 5.75 Å². The third-order valence-corrected chi connectivity index (χ3v) is 2.30. The van der Waals surface area contributed by atoms with Crippen molar-refractivity contribution in [3.8, 4) is 17.0 Å². The fourth-order valence-electron chi connectivity index (χ4n) is 1.48. The molecule has 0 aliphatic carbocycles. The lowest BCUT2D eigenvalue weighted by Gasteiger charge is -2.01. The second kappa shape index (κ2) is 4.18. The molecule has 3 nitrogen and oxygen atoms in total. The molecule has 1 aromatic carbocycles. The van der Waals surface area contributed by atoms with Gasteiger partial charge in [-0.3, -0.25) is 4.79 Å². The molecule has 0 bridgehead atoms. The zero-order valence-electron chi connectivity index (χ0n) is 8.66. The number of methoxy groups -OCH3 is 1. The van der Waals surface area contributed by atoms with E-state index in [9.17, 15) is 9.18 Å². The van der Waals surface area contributed by atoms with E-state index in [1.807, 2.05) is 0 Å². The SMILES string of the molecule is COc1ccc(-c2[nH]c(C=O)cc2F)cc1. The molecule has 0 fully saturated rings. The summed E-state index contributed by atoms with van der Waals surface area (Å²) in [6, 6.07) is 8.09. The molecule has 2 rings (SSSR count). The highest BCUT2D eigenvalue weighted by Crippen LogP contribution is 2.24. The van der Waals surface area contributed by atoms with Crippen LogP contribution >= 0.6 is 0 Å². The van der Waals surface area contributed by atoms with Crippen LogP contribution < -0.4 is 4.74 Å². The molecule has 0 aliphatic heterocycles. The van der Waals surface area contributed by atoms with Gasteiger partial charge in [0.25, 0.3) is 0 Å². The highest BCUT2D eigenvalue weighted by atomic mass is 19.1. The summed E-state index contributed by atoms with van der Waals surface area (Å²) in [7, 11) is 1.56. The number of hydrogen-bond donors (Lipinski definition) is 1. The maximum atomic E-state index is 13.4. The van der Waals surface area contributed by atoms with Crippen LogP contribution in [-0.2, 0) is 0 Å². The van der Waals surface area contributed by atoms with E-state index in [1.165, 1.54) is 6.07 Å².